The van der Waals surface area contributed by atoms with Gasteiger partial charge in [-0.05, 0) is 73.9 Å². The number of benzene rings is 3. The minimum atomic E-state index is -3.93. The van der Waals surface area contributed by atoms with Gasteiger partial charge < -0.3 is 5.32 Å². The highest BCUT2D eigenvalue weighted by Crippen LogP contribution is 2.31. The van der Waals surface area contributed by atoms with Crippen LogP contribution in [0, 0.1) is 20.8 Å². The zero-order chi connectivity index (χ0) is 23.0. The molecule has 0 radical (unpaired) electrons. The van der Waals surface area contributed by atoms with Crippen LogP contribution in [0.1, 0.15) is 27.0 Å². The third kappa shape index (κ3) is 4.09. The van der Waals surface area contributed by atoms with Gasteiger partial charge in [-0.15, -0.1) is 0 Å². The van der Waals surface area contributed by atoms with E-state index in [4.69, 9.17) is 0 Å². The maximum absolute atomic E-state index is 13.3. The van der Waals surface area contributed by atoms with Crippen molar-refractivity contribution < 1.29 is 18.0 Å². The van der Waals surface area contributed by atoms with Crippen LogP contribution in [-0.2, 0) is 14.8 Å². The Hall–Kier alpha value is -3.65. The Kier molecular flexibility index (Phi) is 5.48. The van der Waals surface area contributed by atoms with E-state index >= 15 is 0 Å². The van der Waals surface area contributed by atoms with E-state index in [1.54, 1.807) is 55.5 Å². The van der Waals surface area contributed by atoms with Crippen LogP contribution >= 0.6 is 0 Å². The van der Waals surface area contributed by atoms with Crippen molar-refractivity contribution in [3.63, 3.8) is 0 Å². The van der Waals surface area contributed by atoms with Gasteiger partial charge in [-0.2, -0.15) is 0 Å². The zero-order valence-corrected chi connectivity index (χ0v) is 18.8. The van der Waals surface area contributed by atoms with Crippen LogP contribution in [0.2, 0.25) is 0 Å². The third-order valence-corrected chi connectivity index (χ3v) is 7.02. The van der Waals surface area contributed by atoms with Crippen molar-refractivity contribution in [3.8, 4) is 0 Å². The highest BCUT2D eigenvalue weighted by molar-refractivity contribution is 7.92. The molecule has 0 aliphatic carbocycles. The molecule has 4 rings (SSSR count). The highest BCUT2D eigenvalue weighted by atomic mass is 32.2. The molecule has 32 heavy (non-hydrogen) atoms. The van der Waals surface area contributed by atoms with Gasteiger partial charge in [-0.25, -0.2) is 8.42 Å². The number of anilines is 3. The predicted octanol–water partition coefficient (Wildman–Crippen LogP) is 4.01. The molecule has 0 bridgehead atoms. The molecular formula is C24H23N3O4S. The summed E-state index contributed by atoms with van der Waals surface area (Å²) in [6.45, 7) is 5.38. The zero-order valence-electron chi connectivity index (χ0n) is 18.0. The standard InChI is InChI=1S/C24H23N3O4S/c1-15-9-11-19(12-17(15)3)26-32(30,31)22-13-18(10-8-16(22)2)24(29)27-14-23(28)25-20-6-4-5-7-21(20)27/h4-13,26H,14H2,1-3H3,(H,25,28). The number of rotatable bonds is 4. The number of para-hydroxylation sites is 2. The number of aryl methyl sites for hydroxylation is 3. The van der Waals surface area contributed by atoms with Crippen molar-refractivity contribution >= 4 is 38.9 Å². The number of nitrogens with one attached hydrogen (secondary N) is 2. The number of carbonyl (C=O) groups excluding carboxylic acids is 2. The lowest BCUT2D eigenvalue weighted by Crippen LogP contribution is -2.42. The summed E-state index contributed by atoms with van der Waals surface area (Å²) in [5.74, 6) is -0.761. The average molecular weight is 450 g/mol. The number of hydrogen-bond acceptors (Lipinski definition) is 4. The quantitative estimate of drug-likeness (QED) is 0.629. The van der Waals surface area contributed by atoms with E-state index in [1.165, 1.54) is 11.0 Å². The maximum Gasteiger partial charge on any atom is 0.262 e. The molecule has 3 aromatic carbocycles. The summed E-state index contributed by atoms with van der Waals surface area (Å²) in [6, 6.07) is 16.8. The molecule has 0 unspecified atom stereocenters. The molecule has 1 aliphatic rings. The normalized spacial score (nSPS) is 13.3. The summed E-state index contributed by atoms with van der Waals surface area (Å²) in [7, 11) is -3.93. The second-order valence-corrected chi connectivity index (χ2v) is 9.49. The highest BCUT2D eigenvalue weighted by Gasteiger charge is 2.28. The van der Waals surface area contributed by atoms with Crippen LogP contribution in [0.3, 0.4) is 0 Å². The number of carbonyl (C=O) groups is 2. The summed E-state index contributed by atoms with van der Waals surface area (Å²) in [5.41, 5.74) is 4.26. The van der Waals surface area contributed by atoms with Gasteiger partial charge in [-0.1, -0.05) is 24.3 Å². The molecule has 3 aromatic rings. The van der Waals surface area contributed by atoms with Crippen LogP contribution in [0.4, 0.5) is 17.1 Å². The van der Waals surface area contributed by atoms with Crippen molar-refractivity contribution in [2.75, 3.05) is 21.5 Å². The minimum Gasteiger partial charge on any atom is -0.323 e. The van der Waals surface area contributed by atoms with Crippen LogP contribution in [0.15, 0.2) is 65.6 Å². The topological polar surface area (TPSA) is 95.6 Å². The molecule has 7 nitrogen and oxygen atoms in total. The van der Waals surface area contributed by atoms with Crippen molar-refractivity contribution in [1.82, 2.24) is 0 Å². The van der Waals surface area contributed by atoms with Gasteiger partial charge in [-0.3, -0.25) is 19.2 Å². The fourth-order valence-electron chi connectivity index (χ4n) is 3.61. The van der Waals surface area contributed by atoms with Gasteiger partial charge in [0.15, 0.2) is 0 Å². The van der Waals surface area contributed by atoms with Gasteiger partial charge in [0.05, 0.1) is 16.3 Å². The van der Waals surface area contributed by atoms with E-state index in [9.17, 15) is 18.0 Å². The van der Waals surface area contributed by atoms with Crippen molar-refractivity contribution in [2.45, 2.75) is 25.7 Å². The predicted molar refractivity (Wildman–Crippen MR) is 125 cm³/mol. The first-order valence-corrected chi connectivity index (χ1v) is 11.6. The Bertz CT molecular complexity index is 1350. The average Bonchev–Trinajstić information content (AvgIpc) is 2.75. The fraction of sp³-hybridized carbons (Fsp3) is 0.167. The SMILES string of the molecule is Cc1ccc(NS(=O)(=O)c2cc(C(=O)N3CC(=O)Nc4ccccc43)ccc2C)cc1C. The van der Waals surface area contributed by atoms with E-state index in [0.29, 0.717) is 22.6 Å². The number of sulfonamides is 1. The lowest BCUT2D eigenvalue weighted by atomic mass is 10.1. The Balaban J connectivity index is 1.69. The molecule has 0 aromatic heterocycles. The summed E-state index contributed by atoms with van der Waals surface area (Å²) < 4.78 is 28.8. The molecule has 0 saturated heterocycles. The first kappa shape index (κ1) is 21.6. The van der Waals surface area contributed by atoms with Crippen molar-refractivity contribution in [3.05, 3.63) is 82.9 Å². The number of hydrogen-bond donors (Lipinski definition) is 2. The van der Waals surface area contributed by atoms with Crippen LogP contribution in [0.5, 0.6) is 0 Å². The lowest BCUT2D eigenvalue weighted by molar-refractivity contribution is -0.115. The fourth-order valence-corrected chi connectivity index (χ4v) is 4.93. The van der Waals surface area contributed by atoms with Gasteiger partial charge in [0.25, 0.3) is 15.9 Å². The van der Waals surface area contributed by atoms with Crippen molar-refractivity contribution in [2.24, 2.45) is 0 Å². The van der Waals surface area contributed by atoms with Crippen molar-refractivity contribution in [1.29, 1.82) is 0 Å². The Labute approximate surface area is 187 Å². The first-order valence-electron chi connectivity index (χ1n) is 10.1. The Morgan fingerprint density at radius 1 is 0.938 bits per heavy atom. The first-order chi connectivity index (χ1) is 15.2. The summed E-state index contributed by atoms with van der Waals surface area (Å²) >= 11 is 0. The monoisotopic (exact) mass is 449 g/mol. The molecule has 2 amide bonds. The molecule has 8 heteroatoms. The molecule has 1 aliphatic heterocycles. The Morgan fingerprint density at radius 2 is 1.66 bits per heavy atom. The Morgan fingerprint density at radius 3 is 2.41 bits per heavy atom. The molecule has 2 N–H and O–H groups in total. The van der Waals surface area contributed by atoms with E-state index in [1.807, 2.05) is 19.9 Å². The minimum absolute atomic E-state index is 0.0105. The van der Waals surface area contributed by atoms with Gasteiger partial charge in [0, 0.05) is 11.3 Å². The van der Waals surface area contributed by atoms with Gasteiger partial charge in [0.1, 0.15) is 6.54 Å². The lowest BCUT2D eigenvalue weighted by Gasteiger charge is -2.29. The third-order valence-electron chi connectivity index (χ3n) is 5.50. The van der Waals surface area contributed by atoms with E-state index in [0.717, 1.165) is 11.1 Å². The summed E-state index contributed by atoms with van der Waals surface area (Å²) in [5, 5.41) is 2.74. The summed E-state index contributed by atoms with van der Waals surface area (Å²) in [6.07, 6.45) is 0. The molecular weight excluding hydrogens is 426 g/mol. The van der Waals surface area contributed by atoms with E-state index in [-0.39, 0.29) is 22.9 Å². The van der Waals surface area contributed by atoms with E-state index in [2.05, 4.69) is 10.0 Å². The van der Waals surface area contributed by atoms with Crippen LogP contribution < -0.4 is 14.9 Å². The molecule has 0 atom stereocenters. The molecule has 0 saturated carbocycles. The second kappa shape index (κ2) is 8.12. The molecule has 0 fully saturated rings. The molecule has 164 valence electrons. The van der Waals surface area contributed by atoms with Crippen LogP contribution in [-0.4, -0.2) is 26.8 Å². The van der Waals surface area contributed by atoms with Gasteiger partial charge in [0.2, 0.25) is 5.91 Å². The smallest absolute Gasteiger partial charge is 0.262 e. The maximum atomic E-state index is 13.3. The molecule has 1 heterocycles. The molecule has 0 spiro atoms. The number of fused-ring (bicyclic) bond motifs is 1. The van der Waals surface area contributed by atoms with Gasteiger partial charge >= 0.3 is 0 Å². The number of nitrogens with zero attached hydrogens (tertiary/aromatic N) is 1. The number of amides is 2. The second-order valence-electron chi connectivity index (χ2n) is 7.84. The largest absolute Gasteiger partial charge is 0.323 e. The summed E-state index contributed by atoms with van der Waals surface area (Å²) in [4.78, 5) is 26.7. The van der Waals surface area contributed by atoms with Crippen LogP contribution in [0.25, 0.3) is 0 Å². The van der Waals surface area contributed by atoms with E-state index < -0.39 is 15.9 Å².